The van der Waals surface area contributed by atoms with E-state index in [0.717, 1.165) is 49.5 Å². The van der Waals surface area contributed by atoms with Crippen LogP contribution in [0.4, 0.5) is 5.82 Å². The number of nitrogens with one attached hydrogen (secondary N) is 1. The number of aromatic nitrogens is 3. The van der Waals surface area contributed by atoms with E-state index in [2.05, 4.69) is 40.2 Å². The fraction of sp³-hybridized carbons (Fsp3) is 0.625. The Hall–Kier alpha value is -1.62. The van der Waals surface area contributed by atoms with Crippen LogP contribution in [0, 0.1) is 11.8 Å². The second kappa shape index (κ2) is 6.43. The molecule has 5 nitrogen and oxygen atoms in total. The van der Waals surface area contributed by atoms with Crippen LogP contribution in [0.15, 0.2) is 24.5 Å². The molecule has 0 radical (unpaired) electrons. The van der Waals surface area contributed by atoms with Crippen LogP contribution in [0.5, 0.6) is 0 Å². The van der Waals surface area contributed by atoms with Gasteiger partial charge in [-0.1, -0.05) is 13.8 Å². The Balaban J connectivity index is 1.53. The first-order valence-electron chi connectivity index (χ1n) is 7.98. The molecule has 1 saturated heterocycles. The van der Waals surface area contributed by atoms with Crippen molar-refractivity contribution in [2.75, 3.05) is 31.1 Å². The normalized spacial score (nSPS) is 17.0. The van der Waals surface area contributed by atoms with Crippen molar-refractivity contribution in [2.24, 2.45) is 11.8 Å². The third-order valence-electron chi connectivity index (χ3n) is 4.17. The second-order valence-corrected chi connectivity index (χ2v) is 6.40. The highest BCUT2D eigenvalue weighted by Crippen LogP contribution is 2.21. The highest BCUT2D eigenvalue weighted by molar-refractivity contribution is 5.47. The standard InChI is InChI=1S/C16H25N5/c1-13(2)11-17-12-14-4-8-20(9-5-14)15-6-10-21-16(19-15)3-7-18-21/h3,6-7,10,13-14,17H,4-5,8-9,11-12H2,1-2H3. The summed E-state index contributed by atoms with van der Waals surface area (Å²) in [6.07, 6.45) is 6.28. The van der Waals surface area contributed by atoms with Gasteiger partial charge in [-0.25, -0.2) is 9.50 Å². The monoisotopic (exact) mass is 287 g/mol. The average molecular weight is 287 g/mol. The first-order valence-corrected chi connectivity index (χ1v) is 7.98. The predicted octanol–water partition coefficient (Wildman–Crippen LogP) is 2.19. The van der Waals surface area contributed by atoms with E-state index in [1.54, 1.807) is 6.20 Å². The van der Waals surface area contributed by atoms with Gasteiger partial charge >= 0.3 is 0 Å². The first-order chi connectivity index (χ1) is 10.2. The molecule has 2 aromatic rings. The number of piperidine rings is 1. The van der Waals surface area contributed by atoms with Crippen molar-refractivity contribution in [3.63, 3.8) is 0 Å². The minimum absolute atomic E-state index is 0.733. The maximum Gasteiger partial charge on any atom is 0.157 e. The van der Waals surface area contributed by atoms with Crippen LogP contribution in [-0.2, 0) is 0 Å². The molecule has 0 unspecified atom stereocenters. The van der Waals surface area contributed by atoms with E-state index in [-0.39, 0.29) is 0 Å². The van der Waals surface area contributed by atoms with E-state index in [0.29, 0.717) is 0 Å². The van der Waals surface area contributed by atoms with Crippen LogP contribution >= 0.6 is 0 Å². The molecule has 0 aliphatic carbocycles. The molecule has 2 aromatic heterocycles. The van der Waals surface area contributed by atoms with Crippen molar-refractivity contribution in [3.05, 3.63) is 24.5 Å². The molecule has 3 heterocycles. The first kappa shape index (κ1) is 14.3. The zero-order valence-electron chi connectivity index (χ0n) is 13.0. The molecule has 5 heteroatoms. The molecular formula is C16H25N5. The molecule has 0 spiro atoms. The van der Waals surface area contributed by atoms with Crippen molar-refractivity contribution in [2.45, 2.75) is 26.7 Å². The van der Waals surface area contributed by atoms with Gasteiger partial charge in [0.1, 0.15) is 5.82 Å². The third-order valence-corrected chi connectivity index (χ3v) is 4.17. The molecule has 0 aromatic carbocycles. The van der Waals surface area contributed by atoms with Crippen LogP contribution in [0.1, 0.15) is 26.7 Å². The Bertz CT molecular complexity index is 569. The molecule has 1 aliphatic heterocycles. The van der Waals surface area contributed by atoms with Gasteiger partial charge in [0.25, 0.3) is 0 Å². The van der Waals surface area contributed by atoms with Gasteiger partial charge in [0.15, 0.2) is 5.65 Å². The van der Waals surface area contributed by atoms with Crippen LogP contribution in [0.25, 0.3) is 5.65 Å². The Morgan fingerprint density at radius 2 is 2.10 bits per heavy atom. The summed E-state index contributed by atoms with van der Waals surface area (Å²) in [5, 5.41) is 7.78. The summed E-state index contributed by atoms with van der Waals surface area (Å²) in [5.41, 5.74) is 0.924. The van der Waals surface area contributed by atoms with Crippen LogP contribution < -0.4 is 10.2 Å². The number of hydrogen-bond donors (Lipinski definition) is 1. The smallest absolute Gasteiger partial charge is 0.157 e. The van der Waals surface area contributed by atoms with Crippen LogP contribution in [0.3, 0.4) is 0 Å². The molecule has 3 rings (SSSR count). The van der Waals surface area contributed by atoms with E-state index in [1.807, 2.05) is 16.8 Å². The van der Waals surface area contributed by atoms with Gasteiger partial charge in [0, 0.05) is 25.4 Å². The number of anilines is 1. The molecule has 0 saturated carbocycles. The molecule has 1 aliphatic rings. The number of rotatable bonds is 5. The van der Waals surface area contributed by atoms with E-state index in [9.17, 15) is 0 Å². The van der Waals surface area contributed by atoms with Gasteiger partial charge in [-0.15, -0.1) is 0 Å². The minimum Gasteiger partial charge on any atom is -0.356 e. The third kappa shape index (κ3) is 3.53. The van der Waals surface area contributed by atoms with Crippen LogP contribution in [-0.4, -0.2) is 40.8 Å². The molecule has 21 heavy (non-hydrogen) atoms. The van der Waals surface area contributed by atoms with Crippen LogP contribution in [0.2, 0.25) is 0 Å². The molecule has 1 N–H and O–H groups in total. The minimum atomic E-state index is 0.733. The van der Waals surface area contributed by atoms with Crippen molar-refractivity contribution in [1.82, 2.24) is 19.9 Å². The highest BCUT2D eigenvalue weighted by Gasteiger charge is 2.20. The highest BCUT2D eigenvalue weighted by atomic mass is 15.3. The van der Waals surface area contributed by atoms with E-state index < -0.39 is 0 Å². The van der Waals surface area contributed by atoms with E-state index in [4.69, 9.17) is 0 Å². The largest absolute Gasteiger partial charge is 0.356 e. The summed E-state index contributed by atoms with van der Waals surface area (Å²) in [6, 6.07) is 4.02. The van der Waals surface area contributed by atoms with Gasteiger partial charge < -0.3 is 10.2 Å². The average Bonchev–Trinajstić information content (AvgIpc) is 2.95. The number of hydrogen-bond acceptors (Lipinski definition) is 4. The number of fused-ring (bicyclic) bond motifs is 1. The molecule has 1 fully saturated rings. The van der Waals surface area contributed by atoms with Gasteiger partial charge in [0.2, 0.25) is 0 Å². The van der Waals surface area contributed by atoms with Crippen molar-refractivity contribution >= 4 is 11.5 Å². The predicted molar refractivity (Wildman–Crippen MR) is 85.6 cm³/mol. The zero-order valence-corrected chi connectivity index (χ0v) is 13.0. The maximum atomic E-state index is 4.68. The molecular weight excluding hydrogens is 262 g/mol. The van der Waals surface area contributed by atoms with Gasteiger partial charge in [0.05, 0.1) is 6.20 Å². The lowest BCUT2D eigenvalue weighted by Gasteiger charge is -2.33. The topological polar surface area (TPSA) is 45.5 Å². The summed E-state index contributed by atoms with van der Waals surface area (Å²) in [5.74, 6) is 2.62. The molecule has 0 bridgehead atoms. The summed E-state index contributed by atoms with van der Waals surface area (Å²) < 4.78 is 1.81. The Kier molecular flexibility index (Phi) is 4.39. The maximum absolute atomic E-state index is 4.68. The Morgan fingerprint density at radius 3 is 2.86 bits per heavy atom. The molecule has 0 amide bonds. The van der Waals surface area contributed by atoms with E-state index in [1.165, 1.54) is 12.8 Å². The van der Waals surface area contributed by atoms with Gasteiger partial charge in [-0.2, -0.15) is 5.10 Å². The SMILES string of the molecule is CC(C)CNCC1CCN(c2ccn3nccc3n2)CC1. The van der Waals surface area contributed by atoms with Crippen molar-refractivity contribution in [3.8, 4) is 0 Å². The lowest BCUT2D eigenvalue weighted by Crippen LogP contribution is -2.38. The fourth-order valence-corrected chi connectivity index (χ4v) is 2.92. The summed E-state index contributed by atoms with van der Waals surface area (Å²) in [6.45, 7) is 9.00. The Morgan fingerprint density at radius 1 is 1.29 bits per heavy atom. The lowest BCUT2D eigenvalue weighted by atomic mass is 9.96. The molecule has 0 atom stereocenters. The second-order valence-electron chi connectivity index (χ2n) is 6.40. The van der Waals surface area contributed by atoms with Crippen molar-refractivity contribution < 1.29 is 0 Å². The Labute approximate surface area is 126 Å². The quantitative estimate of drug-likeness (QED) is 0.915. The summed E-state index contributed by atoms with van der Waals surface area (Å²) in [4.78, 5) is 7.07. The zero-order chi connectivity index (χ0) is 14.7. The van der Waals surface area contributed by atoms with E-state index >= 15 is 0 Å². The lowest BCUT2D eigenvalue weighted by molar-refractivity contribution is 0.373. The van der Waals surface area contributed by atoms with Gasteiger partial charge in [-0.05, 0) is 43.8 Å². The van der Waals surface area contributed by atoms with Gasteiger partial charge in [-0.3, -0.25) is 0 Å². The summed E-state index contributed by atoms with van der Waals surface area (Å²) in [7, 11) is 0. The number of nitrogens with zero attached hydrogens (tertiary/aromatic N) is 4. The molecule has 114 valence electrons. The fourth-order valence-electron chi connectivity index (χ4n) is 2.92. The summed E-state index contributed by atoms with van der Waals surface area (Å²) >= 11 is 0. The van der Waals surface area contributed by atoms with Crippen molar-refractivity contribution in [1.29, 1.82) is 0 Å².